The number of nitrogens with zero attached hydrogens (tertiary/aromatic N) is 1. The summed E-state index contributed by atoms with van der Waals surface area (Å²) >= 11 is 6.18. The van der Waals surface area contributed by atoms with Crippen LogP contribution in [0.25, 0.3) is 65.7 Å². The van der Waals surface area contributed by atoms with E-state index < -0.39 is 0 Å². The standard InChI is InChI=1S/C44H28ClNO/c45-34-21-14-30(15-22-34)32-18-25-36(26-19-32)46(35-23-16-31(17-24-35)29-8-2-1-3-9-29)40-28-42-44(39-13-7-6-12-38(39)40)43-37-11-5-4-10-33(37)20-27-41(43)47-42/h1-28H. The lowest BCUT2D eigenvalue weighted by molar-refractivity contribution is 0.669. The zero-order chi connectivity index (χ0) is 31.3. The normalized spacial score (nSPS) is 11.5. The van der Waals surface area contributed by atoms with Crippen molar-refractivity contribution in [1.29, 1.82) is 0 Å². The molecule has 2 nitrogen and oxygen atoms in total. The van der Waals surface area contributed by atoms with Crippen molar-refractivity contribution in [3.8, 4) is 22.3 Å². The van der Waals surface area contributed by atoms with Crippen LogP contribution >= 0.6 is 11.6 Å². The van der Waals surface area contributed by atoms with Gasteiger partial charge in [-0.25, -0.2) is 0 Å². The van der Waals surface area contributed by atoms with Crippen LogP contribution in [0, 0.1) is 0 Å². The van der Waals surface area contributed by atoms with Crippen molar-refractivity contribution in [3.05, 3.63) is 175 Å². The molecule has 0 N–H and O–H groups in total. The van der Waals surface area contributed by atoms with Crippen molar-refractivity contribution in [2.24, 2.45) is 0 Å². The van der Waals surface area contributed by atoms with E-state index in [0.29, 0.717) is 0 Å². The number of benzene rings is 8. The number of furan rings is 1. The molecule has 0 amide bonds. The fourth-order valence-corrected chi connectivity index (χ4v) is 7.00. The summed E-state index contributed by atoms with van der Waals surface area (Å²) in [5, 5.41) is 7.77. The van der Waals surface area contributed by atoms with E-state index in [2.05, 4.69) is 163 Å². The van der Waals surface area contributed by atoms with E-state index in [4.69, 9.17) is 16.0 Å². The Morgan fingerprint density at radius 2 is 0.915 bits per heavy atom. The van der Waals surface area contributed by atoms with E-state index in [9.17, 15) is 0 Å². The van der Waals surface area contributed by atoms with Gasteiger partial charge >= 0.3 is 0 Å². The maximum atomic E-state index is 6.66. The average molecular weight is 622 g/mol. The molecule has 0 unspecified atom stereocenters. The molecule has 8 aromatic carbocycles. The van der Waals surface area contributed by atoms with Gasteiger partial charge in [0.2, 0.25) is 0 Å². The van der Waals surface area contributed by atoms with Gasteiger partial charge in [0, 0.05) is 38.6 Å². The Bertz CT molecular complexity index is 2550. The first-order valence-corrected chi connectivity index (χ1v) is 16.2. The molecule has 0 saturated carbocycles. The fourth-order valence-electron chi connectivity index (χ4n) is 6.87. The van der Waals surface area contributed by atoms with Crippen molar-refractivity contribution < 1.29 is 4.42 Å². The van der Waals surface area contributed by atoms with E-state index in [-0.39, 0.29) is 0 Å². The Morgan fingerprint density at radius 1 is 0.404 bits per heavy atom. The first kappa shape index (κ1) is 27.5. The highest BCUT2D eigenvalue weighted by Gasteiger charge is 2.21. The summed E-state index contributed by atoms with van der Waals surface area (Å²) in [6.45, 7) is 0. The number of halogens is 1. The lowest BCUT2D eigenvalue weighted by atomic mass is 9.97. The summed E-state index contributed by atoms with van der Waals surface area (Å²) < 4.78 is 6.66. The molecule has 9 rings (SSSR count). The second-order valence-electron chi connectivity index (χ2n) is 11.9. The zero-order valence-electron chi connectivity index (χ0n) is 25.4. The second-order valence-corrected chi connectivity index (χ2v) is 12.3. The van der Waals surface area contributed by atoms with E-state index in [1.165, 1.54) is 27.3 Å². The van der Waals surface area contributed by atoms with E-state index >= 15 is 0 Å². The molecular formula is C44H28ClNO. The minimum absolute atomic E-state index is 0.733. The number of hydrogen-bond acceptors (Lipinski definition) is 2. The summed E-state index contributed by atoms with van der Waals surface area (Å²) in [5.74, 6) is 0. The second kappa shape index (κ2) is 11.2. The molecule has 0 saturated heterocycles. The highest BCUT2D eigenvalue weighted by atomic mass is 35.5. The van der Waals surface area contributed by atoms with Crippen LogP contribution in [0.1, 0.15) is 0 Å². The van der Waals surface area contributed by atoms with Gasteiger partial charge in [-0.1, -0.05) is 133 Å². The predicted octanol–water partition coefficient (Wildman–Crippen LogP) is 13.3. The average Bonchev–Trinajstić information content (AvgIpc) is 3.52. The van der Waals surface area contributed by atoms with Crippen molar-refractivity contribution in [3.63, 3.8) is 0 Å². The fraction of sp³-hybridized carbons (Fsp3) is 0. The van der Waals surface area contributed by atoms with Gasteiger partial charge in [-0.15, -0.1) is 0 Å². The van der Waals surface area contributed by atoms with Crippen LogP contribution in [0.3, 0.4) is 0 Å². The third-order valence-corrected chi connectivity index (χ3v) is 9.38. The summed E-state index contributed by atoms with van der Waals surface area (Å²) in [5.41, 5.74) is 9.58. The van der Waals surface area contributed by atoms with Crippen LogP contribution in [-0.2, 0) is 0 Å². The van der Waals surface area contributed by atoms with Gasteiger partial charge in [0.05, 0.1) is 5.69 Å². The quantitative estimate of drug-likeness (QED) is 0.190. The van der Waals surface area contributed by atoms with E-state index in [1.54, 1.807) is 0 Å². The monoisotopic (exact) mass is 621 g/mol. The molecule has 0 spiro atoms. The van der Waals surface area contributed by atoms with Gasteiger partial charge in [0.1, 0.15) is 11.2 Å². The smallest absolute Gasteiger partial charge is 0.138 e. The Hall–Kier alpha value is -5.83. The van der Waals surface area contributed by atoms with Gasteiger partial charge in [0.15, 0.2) is 0 Å². The highest BCUT2D eigenvalue weighted by molar-refractivity contribution is 6.30. The minimum atomic E-state index is 0.733. The minimum Gasteiger partial charge on any atom is -0.456 e. The Balaban J connectivity index is 1.27. The molecule has 9 aromatic rings. The van der Waals surface area contributed by atoms with Crippen LogP contribution in [0.4, 0.5) is 17.1 Å². The van der Waals surface area contributed by atoms with Gasteiger partial charge in [-0.3, -0.25) is 0 Å². The molecule has 3 heteroatoms. The van der Waals surface area contributed by atoms with Crippen LogP contribution in [0.5, 0.6) is 0 Å². The zero-order valence-corrected chi connectivity index (χ0v) is 26.2. The molecule has 0 bridgehead atoms. The molecule has 47 heavy (non-hydrogen) atoms. The van der Waals surface area contributed by atoms with Crippen molar-refractivity contribution in [2.45, 2.75) is 0 Å². The van der Waals surface area contributed by atoms with Crippen molar-refractivity contribution in [2.75, 3.05) is 4.90 Å². The van der Waals surface area contributed by atoms with Crippen molar-refractivity contribution in [1.82, 2.24) is 0 Å². The largest absolute Gasteiger partial charge is 0.456 e. The lowest BCUT2D eigenvalue weighted by Gasteiger charge is -2.27. The van der Waals surface area contributed by atoms with Gasteiger partial charge < -0.3 is 9.32 Å². The molecule has 222 valence electrons. The first-order chi connectivity index (χ1) is 23.2. The molecular weight excluding hydrogens is 594 g/mol. The third kappa shape index (κ3) is 4.74. The van der Waals surface area contributed by atoms with Crippen LogP contribution in [-0.4, -0.2) is 0 Å². The van der Waals surface area contributed by atoms with Gasteiger partial charge in [-0.05, 0) is 80.9 Å². The van der Waals surface area contributed by atoms with Gasteiger partial charge in [0.25, 0.3) is 0 Å². The Labute approximate surface area is 277 Å². The lowest BCUT2D eigenvalue weighted by Crippen LogP contribution is -2.10. The predicted molar refractivity (Wildman–Crippen MR) is 199 cm³/mol. The Kier molecular flexibility index (Phi) is 6.55. The molecule has 0 aliphatic carbocycles. The maximum absolute atomic E-state index is 6.66. The summed E-state index contributed by atoms with van der Waals surface area (Å²) in [7, 11) is 0. The highest BCUT2D eigenvalue weighted by Crippen LogP contribution is 2.46. The van der Waals surface area contributed by atoms with Gasteiger partial charge in [-0.2, -0.15) is 0 Å². The van der Waals surface area contributed by atoms with Crippen LogP contribution < -0.4 is 4.90 Å². The van der Waals surface area contributed by atoms with Crippen LogP contribution in [0.15, 0.2) is 174 Å². The molecule has 0 fully saturated rings. The maximum Gasteiger partial charge on any atom is 0.138 e. The summed E-state index contributed by atoms with van der Waals surface area (Å²) in [6, 6.07) is 59.8. The molecule has 0 atom stereocenters. The molecule has 1 heterocycles. The SMILES string of the molecule is Clc1ccc(-c2ccc(N(c3ccc(-c4ccccc4)cc3)c3cc4oc5ccc6ccccc6c5c4c4ccccc34)cc2)cc1. The number of hydrogen-bond donors (Lipinski definition) is 0. The third-order valence-electron chi connectivity index (χ3n) is 9.12. The topological polar surface area (TPSA) is 16.4 Å². The number of fused-ring (bicyclic) bond motifs is 7. The van der Waals surface area contributed by atoms with Crippen LogP contribution in [0.2, 0.25) is 5.02 Å². The van der Waals surface area contributed by atoms with E-state index in [0.717, 1.165) is 60.5 Å². The van der Waals surface area contributed by atoms with E-state index in [1.807, 2.05) is 12.1 Å². The molecule has 0 aliphatic heterocycles. The summed E-state index contributed by atoms with van der Waals surface area (Å²) in [6.07, 6.45) is 0. The van der Waals surface area contributed by atoms with Crippen molar-refractivity contribution >= 4 is 72.1 Å². The summed E-state index contributed by atoms with van der Waals surface area (Å²) in [4.78, 5) is 2.34. The number of anilines is 3. The Morgan fingerprint density at radius 3 is 1.57 bits per heavy atom. The number of rotatable bonds is 5. The molecule has 1 aromatic heterocycles. The molecule has 0 radical (unpaired) electrons. The first-order valence-electron chi connectivity index (χ1n) is 15.8. The molecule has 0 aliphatic rings.